The fourth-order valence-corrected chi connectivity index (χ4v) is 1.44. The van der Waals surface area contributed by atoms with Crippen LogP contribution in [0.1, 0.15) is 17.5 Å². The number of hydrogen-bond donors (Lipinski definition) is 1. The normalized spacial score (nSPS) is 10.3. The molecule has 2 nitrogen and oxygen atoms in total. The Morgan fingerprint density at radius 3 is 2.88 bits per heavy atom. The molecule has 0 amide bonds. The van der Waals surface area contributed by atoms with Crippen molar-refractivity contribution >= 4 is 0 Å². The van der Waals surface area contributed by atoms with Gasteiger partial charge in [0.25, 0.3) is 0 Å². The maximum absolute atomic E-state index is 5.41. The molecule has 0 aliphatic carbocycles. The summed E-state index contributed by atoms with van der Waals surface area (Å²) in [7, 11) is 0. The van der Waals surface area contributed by atoms with Crippen LogP contribution in [0.5, 0.6) is 0 Å². The van der Waals surface area contributed by atoms with Gasteiger partial charge in [0, 0.05) is 13.1 Å². The topological polar surface area (TPSA) is 21.3 Å². The first-order valence-corrected chi connectivity index (χ1v) is 5.78. The van der Waals surface area contributed by atoms with E-state index >= 15 is 0 Å². The van der Waals surface area contributed by atoms with E-state index in [1.54, 1.807) is 0 Å². The zero-order valence-electron chi connectivity index (χ0n) is 10.0. The van der Waals surface area contributed by atoms with Gasteiger partial charge in [-0.05, 0) is 24.5 Å². The molecule has 1 N–H and O–H groups in total. The van der Waals surface area contributed by atoms with Crippen LogP contribution in [0.4, 0.5) is 0 Å². The van der Waals surface area contributed by atoms with Crippen molar-refractivity contribution in [2.24, 2.45) is 0 Å². The number of benzene rings is 1. The molecule has 1 aromatic rings. The minimum Gasteiger partial charge on any atom is -0.380 e. The quantitative estimate of drug-likeness (QED) is 0.536. The van der Waals surface area contributed by atoms with Crippen molar-refractivity contribution in [1.29, 1.82) is 0 Å². The van der Waals surface area contributed by atoms with Gasteiger partial charge in [-0.1, -0.05) is 30.3 Å². The molecule has 2 heteroatoms. The highest BCUT2D eigenvalue weighted by molar-refractivity contribution is 5.25. The maximum atomic E-state index is 5.41. The smallest absolute Gasteiger partial charge is 0.0591 e. The highest BCUT2D eigenvalue weighted by atomic mass is 16.5. The van der Waals surface area contributed by atoms with Crippen LogP contribution in [-0.4, -0.2) is 19.8 Å². The van der Waals surface area contributed by atoms with Crippen LogP contribution < -0.4 is 5.32 Å². The second-order valence-corrected chi connectivity index (χ2v) is 3.79. The fraction of sp³-hybridized carbons (Fsp3) is 0.429. The molecule has 0 saturated heterocycles. The molecule has 0 unspecified atom stereocenters. The number of rotatable bonds is 8. The summed E-state index contributed by atoms with van der Waals surface area (Å²) >= 11 is 0. The number of hydrogen-bond acceptors (Lipinski definition) is 2. The zero-order chi connectivity index (χ0) is 11.6. The summed E-state index contributed by atoms with van der Waals surface area (Å²) in [4.78, 5) is 0. The first-order chi connectivity index (χ1) is 7.84. The van der Waals surface area contributed by atoms with Crippen molar-refractivity contribution in [3.63, 3.8) is 0 Å². The first-order valence-electron chi connectivity index (χ1n) is 5.78. The summed E-state index contributed by atoms with van der Waals surface area (Å²) in [6.07, 6.45) is 2.80. The second kappa shape index (κ2) is 8.08. The van der Waals surface area contributed by atoms with Crippen LogP contribution in [0.25, 0.3) is 0 Å². The van der Waals surface area contributed by atoms with E-state index in [2.05, 4.69) is 43.1 Å². The summed E-state index contributed by atoms with van der Waals surface area (Å²) in [6.45, 7) is 9.13. The summed E-state index contributed by atoms with van der Waals surface area (Å²) in [5.41, 5.74) is 2.69. The van der Waals surface area contributed by atoms with Gasteiger partial charge in [-0.25, -0.2) is 0 Å². The lowest BCUT2D eigenvalue weighted by molar-refractivity contribution is 0.140. The molecular formula is C14H21NO. The Morgan fingerprint density at radius 1 is 1.31 bits per heavy atom. The van der Waals surface area contributed by atoms with Gasteiger partial charge in [-0.15, -0.1) is 6.58 Å². The molecule has 0 heterocycles. The summed E-state index contributed by atoms with van der Waals surface area (Å²) in [6, 6.07) is 8.43. The van der Waals surface area contributed by atoms with Gasteiger partial charge in [0.05, 0.1) is 13.2 Å². The fourth-order valence-electron chi connectivity index (χ4n) is 1.44. The Labute approximate surface area is 98.3 Å². The molecule has 0 fully saturated rings. The molecule has 0 saturated carbocycles. The third-order valence-electron chi connectivity index (χ3n) is 2.47. The minimum absolute atomic E-state index is 0.764. The van der Waals surface area contributed by atoms with Gasteiger partial charge in [0.1, 0.15) is 0 Å². The number of ether oxygens (including phenoxy) is 1. The van der Waals surface area contributed by atoms with E-state index in [4.69, 9.17) is 4.74 Å². The summed E-state index contributed by atoms with van der Waals surface area (Å²) < 4.78 is 5.41. The molecule has 0 bridgehead atoms. The predicted octanol–water partition coefficient (Wildman–Crippen LogP) is 2.68. The van der Waals surface area contributed by atoms with E-state index in [0.29, 0.717) is 0 Å². The van der Waals surface area contributed by atoms with Crippen LogP contribution in [0.2, 0.25) is 0 Å². The second-order valence-electron chi connectivity index (χ2n) is 3.79. The van der Waals surface area contributed by atoms with Gasteiger partial charge >= 0.3 is 0 Å². The average Bonchev–Trinajstić information content (AvgIpc) is 2.30. The highest BCUT2D eigenvalue weighted by Gasteiger charge is 1.95. The van der Waals surface area contributed by atoms with Crippen molar-refractivity contribution in [1.82, 2.24) is 5.32 Å². The largest absolute Gasteiger partial charge is 0.380 e. The molecule has 0 radical (unpaired) electrons. The molecular weight excluding hydrogens is 198 g/mol. The minimum atomic E-state index is 0.764. The Kier molecular flexibility index (Phi) is 6.54. The van der Waals surface area contributed by atoms with Crippen LogP contribution in [0, 0.1) is 6.92 Å². The predicted molar refractivity (Wildman–Crippen MR) is 68.5 cm³/mol. The molecule has 0 atom stereocenters. The Morgan fingerprint density at radius 2 is 2.12 bits per heavy atom. The standard InChI is InChI=1S/C14H21NO/c1-3-4-10-16-11-9-15-12-14-8-6-5-7-13(14)2/h3,5-8,15H,1,4,9-12H2,2H3. The van der Waals surface area contributed by atoms with Gasteiger partial charge < -0.3 is 10.1 Å². The van der Waals surface area contributed by atoms with E-state index in [1.165, 1.54) is 11.1 Å². The lowest BCUT2D eigenvalue weighted by Gasteiger charge is -2.07. The molecule has 0 aliphatic rings. The van der Waals surface area contributed by atoms with Gasteiger partial charge in [-0.3, -0.25) is 0 Å². The van der Waals surface area contributed by atoms with Crippen molar-refractivity contribution in [3.8, 4) is 0 Å². The summed E-state index contributed by atoms with van der Waals surface area (Å²) in [5, 5.41) is 3.37. The van der Waals surface area contributed by atoms with Crippen LogP contribution in [0.15, 0.2) is 36.9 Å². The molecule has 16 heavy (non-hydrogen) atoms. The van der Waals surface area contributed by atoms with Crippen molar-refractivity contribution < 1.29 is 4.74 Å². The molecule has 1 rings (SSSR count). The Balaban J connectivity index is 2.07. The van der Waals surface area contributed by atoms with E-state index < -0.39 is 0 Å². The van der Waals surface area contributed by atoms with Crippen LogP contribution >= 0.6 is 0 Å². The molecule has 0 spiro atoms. The number of aryl methyl sites for hydroxylation is 1. The number of nitrogens with one attached hydrogen (secondary N) is 1. The van der Waals surface area contributed by atoms with Gasteiger partial charge in [-0.2, -0.15) is 0 Å². The lowest BCUT2D eigenvalue weighted by atomic mass is 10.1. The van der Waals surface area contributed by atoms with E-state index in [9.17, 15) is 0 Å². The summed E-state index contributed by atoms with van der Waals surface area (Å²) in [5.74, 6) is 0. The molecule has 1 aromatic carbocycles. The van der Waals surface area contributed by atoms with E-state index in [0.717, 1.165) is 32.7 Å². The third-order valence-corrected chi connectivity index (χ3v) is 2.47. The van der Waals surface area contributed by atoms with E-state index in [-0.39, 0.29) is 0 Å². The van der Waals surface area contributed by atoms with Crippen molar-refractivity contribution in [2.75, 3.05) is 19.8 Å². The van der Waals surface area contributed by atoms with E-state index in [1.807, 2.05) is 6.08 Å². The molecule has 0 aromatic heterocycles. The van der Waals surface area contributed by atoms with Gasteiger partial charge in [0.2, 0.25) is 0 Å². The monoisotopic (exact) mass is 219 g/mol. The highest BCUT2D eigenvalue weighted by Crippen LogP contribution is 2.05. The average molecular weight is 219 g/mol. The Hall–Kier alpha value is -1.12. The van der Waals surface area contributed by atoms with Crippen LogP contribution in [0.3, 0.4) is 0 Å². The lowest BCUT2D eigenvalue weighted by Crippen LogP contribution is -2.19. The van der Waals surface area contributed by atoms with Crippen molar-refractivity contribution in [3.05, 3.63) is 48.0 Å². The molecule has 88 valence electrons. The zero-order valence-corrected chi connectivity index (χ0v) is 10.0. The third kappa shape index (κ3) is 5.10. The SMILES string of the molecule is C=CCCOCCNCc1ccccc1C. The Bertz CT molecular complexity index is 309. The van der Waals surface area contributed by atoms with Crippen LogP contribution in [-0.2, 0) is 11.3 Å². The maximum Gasteiger partial charge on any atom is 0.0591 e. The van der Waals surface area contributed by atoms with Gasteiger partial charge in [0.15, 0.2) is 0 Å². The molecule has 0 aliphatic heterocycles. The van der Waals surface area contributed by atoms with Crippen molar-refractivity contribution in [2.45, 2.75) is 19.9 Å². The first kappa shape index (κ1) is 12.9.